The van der Waals surface area contributed by atoms with E-state index in [1.165, 1.54) is 0 Å². The molecule has 4 heteroatoms. The molecule has 0 aromatic carbocycles. The van der Waals surface area contributed by atoms with Gasteiger partial charge in [-0.2, -0.15) is 10.7 Å². The van der Waals surface area contributed by atoms with Gasteiger partial charge in [-0.15, -0.1) is 0 Å². The van der Waals surface area contributed by atoms with E-state index in [9.17, 15) is 0 Å². The number of nitrogens with zero attached hydrogens (tertiary/aromatic N) is 1. The lowest BCUT2D eigenvalue weighted by Crippen LogP contribution is -2.54. The Hall–Kier alpha value is -0.160. The van der Waals surface area contributed by atoms with Gasteiger partial charge in [-0.3, -0.25) is 0 Å². The van der Waals surface area contributed by atoms with Crippen LogP contribution in [-0.2, 0) is 0 Å². The van der Waals surface area contributed by atoms with Crippen LogP contribution in [0.1, 0.15) is 34.1 Å². The lowest BCUT2D eigenvalue weighted by Gasteiger charge is -2.32. The Bertz CT molecular complexity index is 134. The first kappa shape index (κ1) is 8.93. The standard InChI is InChI=1S/C7H18N4/c1-5-7(3,4)11-9-6(2)8-10-11/h6,8-10H,5H2,1-4H3. The summed E-state index contributed by atoms with van der Waals surface area (Å²) in [5, 5.41) is 2.01. The van der Waals surface area contributed by atoms with Crippen molar-refractivity contribution < 1.29 is 0 Å². The van der Waals surface area contributed by atoms with Crippen LogP contribution in [0.3, 0.4) is 0 Å². The van der Waals surface area contributed by atoms with Gasteiger partial charge in [-0.25, -0.2) is 10.9 Å². The van der Waals surface area contributed by atoms with Gasteiger partial charge in [0.1, 0.15) is 0 Å². The highest BCUT2D eigenvalue weighted by molar-refractivity contribution is 4.77. The van der Waals surface area contributed by atoms with E-state index < -0.39 is 0 Å². The van der Waals surface area contributed by atoms with Crippen molar-refractivity contribution in [1.29, 1.82) is 0 Å². The molecule has 11 heavy (non-hydrogen) atoms. The molecule has 0 radical (unpaired) electrons. The molecule has 1 atom stereocenters. The quantitative estimate of drug-likeness (QED) is 0.542. The summed E-state index contributed by atoms with van der Waals surface area (Å²) in [7, 11) is 0. The monoisotopic (exact) mass is 158 g/mol. The molecule has 1 unspecified atom stereocenters. The van der Waals surface area contributed by atoms with Crippen molar-refractivity contribution in [3.05, 3.63) is 0 Å². The van der Waals surface area contributed by atoms with Crippen molar-refractivity contribution in [2.45, 2.75) is 45.8 Å². The van der Waals surface area contributed by atoms with Gasteiger partial charge < -0.3 is 0 Å². The van der Waals surface area contributed by atoms with E-state index >= 15 is 0 Å². The Balaban J connectivity index is 2.48. The Morgan fingerprint density at radius 1 is 1.45 bits per heavy atom. The van der Waals surface area contributed by atoms with E-state index in [2.05, 4.69) is 44.1 Å². The molecule has 1 saturated heterocycles. The summed E-state index contributed by atoms with van der Waals surface area (Å²) in [6.07, 6.45) is 1.40. The molecule has 66 valence electrons. The van der Waals surface area contributed by atoms with Crippen LogP contribution in [0.5, 0.6) is 0 Å². The van der Waals surface area contributed by atoms with Crippen molar-refractivity contribution in [3.63, 3.8) is 0 Å². The fourth-order valence-corrected chi connectivity index (χ4v) is 0.904. The zero-order chi connectivity index (χ0) is 8.48. The molecule has 0 amide bonds. The SMILES string of the molecule is CCC(C)(C)N1NNC(C)N1. The predicted molar refractivity (Wildman–Crippen MR) is 45.1 cm³/mol. The van der Waals surface area contributed by atoms with E-state index in [0.29, 0.717) is 6.17 Å². The van der Waals surface area contributed by atoms with Crippen molar-refractivity contribution in [2.75, 3.05) is 0 Å². The molecule has 4 nitrogen and oxygen atoms in total. The van der Waals surface area contributed by atoms with Gasteiger partial charge >= 0.3 is 0 Å². The van der Waals surface area contributed by atoms with Crippen molar-refractivity contribution >= 4 is 0 Å². The van der Waals surface area contributed by atoms with Gasteiger partial charge in [-0.05, 0) is 27.2 Å². The molecule has 1 aliphatic heterocycles. The zero-order valence-corrected chi connectivity index (χ0v) is 7.73. The van der Waals surface area contributed by atoms with E-state index in [1.807, 2.05) is 5.12 Å². The third-order valence-electron chi connectivity index (χ3n) is 2.19. The normalized spacial score (nSPS) is 27.8. The molecule has 0 spiro atoms. The van der Waals surface area contributed by atoms with E-state index in [4.69, 9.17) is 0 Å². The molecule has 0 saturated carbocycles. The Labute approximate surface area is 68.2 Å². The van der Waals surface area contributed by atoms with Crippen LogP contribution >= 0.6 is 0 Å². The fraction of sp³-hybridized carbons (Fsp3) is 1.00. The van der Waals surface area contributed by atoms with Crippen LogP contribution in [0.4, 0.5) is 0 Å². The minimum atomic E-state index is 0.151. The minimum Gasteiger partial charge on any atom is -0.225 e. The number of nitrogens with one attached hydrogen (secondary N) is 3. The van der Waals surface area contributed by atoms with Gasteiger partial charge in [0.15, 0.2) is 0 Å². The number of rotatable bonds is 2. The minimum absolute atomic E-state index is 0.151. The summed E-state index contributed by atoms with van der Waals surface area (Å²) in [6.45, 7) is 8.62. The number of hydrogen-bond donors (Lipinski definition) is 3. The molecular formula is C7H18N4. The molecular weight excluding hydrogens is 140 g/mol. The number of hydrogen-bond acceptors (Lipinski definition) is 4. The van der Waals surface area contributed by atoms with Gasteiger partial charge in [0, 0.05) is 5.54 Å². The predicted octanol–water partition coefficient (Wildman–Crippen LogP) is 0.350. The first-order chi connectivity index (χ1) is 5.06. The maximum atomic E-state index is 3.26. The van der Waals surface area contributed by atoms with Crippen LogP contribution in [0.2, 0.25) is 0 Å². The van der Waals surface area contributed by atoms with Gasteiger partial charge in [-0.1, -0.05) is 6.92 Å². The third-order valence-corrected chi connectivity index (χ3v) is 2.19. The largest absolute Gasteiger partial charge is 0.225 e. The highest BCUT2D eigenvalue weighted by Gasteiger charge is 2.29. The van der Waals surface area contributed by atoms with Gasteiger partial charge in [0.25, 0.3) is 0 Å². The molecule has 0 aromatic heterocycles. The van der Waals surface area contributed by atoms with Crippen molar-refractivity contribution in [2.24, 2.45) is 0 Å². The summed E-state index contributed by atoms with van der Waals surface area (Å²) >= 11 is 0. The second-order valence-electron chi connectivity index (χ2n) is 3.61. The average molecular weight is 158 g/mol. The average Bonchev–Trinajstić information content (AvgIpc) is 2.36. The first-order valence-electron chi connectivity index (χ1n) is 4.14. The highest BCUT2D eigenvalue weighted by atomic mass is 15.9. The topological polar surface area (TPSA) is 39.3 Å². The molecule has 1 fully saturated rings. The van der Waals surface area contributed by atoms with E-state index in [0.717, 1.165) is 6.42 Å². The van der Waals surface area contributed by atoms with Crippen LogP contribution in [0.25, 0.3) is 0 Å². The zero-order valence-electron chi connectivity index (χ0n) is 7.73. The molecule has 1 rings (SSSR count). The fourth-order valence-electron chi connectivity index (χ4n) is 0.904. The first-order valence-corrected chi connectivity index (χ1v) is 4.14. The summed E-state index contributed by atoms with van der Waals surface area (Å²) in [4.78, 5) is 0. The van der Waals surface area contributed by atoms with E-state index in [-0.39, 0.29) is 5.54 Å². The van der Waals surface area contributed by atoms with Crippen LogP contribution in [0.15, 0.2) is 0 Å². The Morgan fingerprint density at radius 2 is 2.09 bits per heavy atom. The second-order valence-corrected chi connectivity index (χ2v) is 3.61. The molecule has 1 aliphatic rings. The second kappa shape index (κ2) is 3.06. The molecule has 0 aromatic rings. The molecule has 0 aliphatic carbocycles. The summed E-state index contributed by atoms with van der Waals surface area (Å²) in [5.41, 5.74) is 9.55. The molecule has 3 N–H and O–H groups in total. The van der Waals surface area contributed by atoms with Crippen molar-refractivity contribution in [3.8, 4) is 0 Å². The van der Waals surface area contributed by atoms with Gasteiger partial charge in [0.05, 0.1) is 6.17 Å². The third kappa shape index (κ3) is 1.90. The van der Waals surface area contributed by atoms with Crippen LogP contribution in [0, 0.1) is 0 Å². The summed E-state index contributed by atoms with van der Waals surface area (Å²) < 4.78 is 0. The van der Waals surface area contributed by atoms with Crippen LogP contribution in [-0.4, -0.2) is 16.8 Å². The lowest BCUT2D eigenvalue weighted by molar-refractivity contribution is 0.0341. The maximum Gasteiger partial charge on any atom is 0.0833 e. The summed E-state index contributed by atoms with van der Waals surface area (Å²) in [6, 6.07) is 0. The molecule has 1 heterocycles. The Kier molecular flexibility index (Phi) is 2.49. The summed E-state index contributed by atoms with van der Waals surface area (Å²) in [5.74, 6) is 0. The smallest absolute Gasteiger partial charge is 0.0833 e. The van der Waals surface area contributed by atoms with Crippen molar-refractivity contribution in [1.82, 2.24) is 21.5 Å². The van der Waals surface area contributed by atoms with Gasteiger partial charge in [0.2, 0.25) is 0 Å². The highest BCUT2D eigenvalue weighted by Crippen LogP contribution is 2.14. The lowest BCUT2D eigenvalue weighted by atomic mass is 10.0. The Morgan fingerprint density at radius 3 is 2.45 bits per heavy atom. The van der Waals surface area contributed by atoms with E-state index in [1.54, 1.807) is 0 Å². The van der Waals surface area contributed by atoms with Crippen LogP contribution < -0.4 is 16.4 Å². The maximum absolute atomic E-state index is 3.26. The number of hydrazine groups is 3. The molecule has 0 bridgehead atoms.